The lowest BCUT2D eigenvalue weighted by Crippen LogP contribution is -2.45. The molecular weight excluding hydrogens is 456 g/mol. The van der Waals surface area contributed by atoms with E-state index in [4.69, 9.17) is 4.74 Å². The molecule has 0 radical (unpaired) electrons. The van der Waals surface area contributed by atoms with Gasteiger partial charge in [-0.15, -0.1) is 0 Å². The molecular formula is C25H30N2O6S. The standard InChI is InChI=1S/C25H30N2O6S/c1-18(28)22-8-10-23(11-9-22)34(31,32)26-17-24(29)33-19(2)25(30)27-14-12-21(13-15-27)16-20-6-4-3-5-7-20/h3-11,19,21,26H,12-17H2,1-2H3. The Hall–Kier alpha value is -3.04. The van der Waals surface area contributed by atoms with Crippen molar-refractivity contribution in [1.82, 2.24) is 9.62 Å². The molecule has 1 amide bonds. The number of ketones is 1. The zero-order valence-electron chi connectivity index (χ0n) is 19.4. The molecule has 2 aromatic carbocycles. The molecule has 1 aliphatic rings. The van der Waals surface area contributed by atoms with Gasteiger partial charge < -0.3 is 9.64 Å². The summed E-state index contributed by atoms with van der Waals surface area (Å²) in [7, 11) is -3.96. The number of amides is 1. The van der Waals surface area contributed by atoms with E-state index in [0.29, 0.717) is 24.6 Å². The second-order valence-electron chi connectivity index (χ2n) is 8.50. The fourth-order valence-corrected chi connectivity index (χ4v) is 4.93. The van der Waals surface area contributed by atoms with E-state index in [0.717, 1.165) is 19.3 Å². The zero-order valence-corrected chi connectivity index (χ0v) is 20.2. The Balaban J connectivity index is 1.44. The number of benzene rings is 2. The van der Waals surface area contributed by atoms with Crippen LogP contribution < -0.4 is 4.72 Å². The summed E-state index contributed by atoms with van der Waals surface area (Å²) in [6.07, 6.45) is 1.73. The Bertz CT molecular complexity index is 1110. The van der Waals surface area contributed by atoms with Crippen molar-refractivity contribution in [3.63, 3.8) is 0 Å². The van der Waals surface area contributed by atoms with Crippen molar-refractivity contribution in [3.05, 3.63) is 65.7 Å². The zero-order chi connectivity index (χ0) is 24.7. The normalized spacial score (nSPS) is 15.5. The Morgan fingerprint density at radius 2 is 1.65 bits per heavy atom. The number of nitrogens with zero attached hydrogens (tertiary/aromatic N) is 1. The molecule has 0 saturated carbocycles. The van der Waals surface area contributed by atoms with Gasteiger partial charge in [0.2, 0.25) is 10.0 Å². The minimum Gasteiger partial charge on any atom is -0.452 e. The molecule has 1 heterocycles. The predicted molar refractivity (Wildman–Crippen MR) is 127 cm³/mol. The first kappa shape index (κ1) is 25.6. The van der Waals surface area contributed by atoms with Crippen LogP contribution in [0.1, 0.15) is 42.6 Å². The maximum absolute atomic E-state index is 12.7. The molecule has 1 fully saturated rings. The minimum absolute atomic E-state index is 0.0761. The smallest absolute Gasteiger partial charge is 0.321 e. The van der Waals surface area contributed by atoms with Crippen molar-refractivity contribution in [1.29, 1.82) is 0 Å². The fraction of sp³-hybridized carbons (Fsp3) is 0.400. The Kier molecular flexibility index (Phi) is 8.57. The highest BCUT2D eigenvalue weighted by molar-refractivity contribution is 7.89. The highest BCUT2D eigenvalue weighted by Crippen LogP contribution is 2.22. The van der Waals surface area contributed by atoms with Gasteiger partial charge >= 0.3 is 5.97 Å². The lowest BCUT2D eigenvalue weighted by Gasteiger charge is -2.33. The third-order valence-electron chi connectivity index (χ3n) is 5.93. The lowest BCUT2D eigenvalue weighted by molar-refractivity contribution is -0.158. The van der Waals surface area contributed by atoms with E-state index in [9.17, 15) is 22.8 Å². The molecule has 8 nitrogen and oxygen atoms in total. The molecule has 0 aromatic heterocycles. The molecule has 3 rings (SSSR count). The Labute approximate surface area is 200 Å². The number of piperidine rings is 1. The number of esters is 1. The summed E-state index contributed by atoms with van der Waals surface area (Å²) in [5.74, 6) is -0.805. The minimum atomic E-state index is -3.96. The summed E-state index contributed by atoms with van der Waals surface area (Å²) in [6, 6.07) is 15.6. The number of Topliss-reactive ketones (excluding diaryl/α,β-unsaturated/α-hetero) is 1. The first-order valence-electron chi connectivity index (χ1n) is 11.3. The second-order valence-corrected chi connectivity index (χ2v) is 10.3. The Morgan fingerprint density at radius 3 is 2.24 bits per heavy atom. The molecule has 1 atom stereocenters. The van der Waals surface area contributed by atoms with E-state index in [-0.39, 0.29) is 16.6 Å². The van der Waals surface area contributed by atoms with E-state index in [1.54, 1.807) is 4.90 Å². The van der Waals surface area contributed by atoms with Crippen molar-refractivity contribution in [2.45, 2.75) is 44.1 Å². The van der Waals surface area contributed by atoms with E-state index in [2.05, 4.69) is 16.9 Å². The largest absolute Gasteiger partial charge is 0.452 e. The van der Waals surface area contributed by atoms with Crippen LogP contribution in [0.5, 0.6) is 0 Å². The molecule has 1 saturated heterocycles. The van der Waals surface area contributed by atoms with Crippen LogP contribution in [0, 0.1) is 5.92 Å². The van der Waals surface area contributed by atoms with Gasteiger partial charge in [0, 0.05) is 18.7 Å². The summed E-state index contributed by atoms with van der Waals surface area (Å²) >= 11 is 0. The maximum atomic E-state index is 12.7. The topological polar surface area (TPSA) is 110 Å². The average Bonchev–Trinajstić information content (AvgIpc) is 2.83. The van der Waals surface area contributed by atoms with Gasteiger partial charge in [-0.05, 0) is 56.7 Å². The van der Waals surface area contributed by atoms with Crippen molar-refractivity contribution in [2.24, 2.45) is 5.92 Å². The highest BCUT2D eigenvalue weighted by Gasteiger charge is 2.28. The average molecular weight is 487 g/mol. The highest BCUT2D eigenvalue weighted by atomic mass is 32.2. The van der Waals surface area contributed by atoms with Crippen molar-refractivity contribution >= 4 is 27.7 Å². The number of carbonyl (C=O) groups excluding carboxylic acids is 3. The molecule has 0 bridgehead atoms. The summed E-state index contributed by atoms with van der Waals surface area (Å²) < 4.78 is 32.1. The molecule has 9 heteroatoms. The number of hydrogen-bond acceptors (Lipinski definition) is 6. The van der Waals surface area contributed by atoms with E-state index < -0.39 is 28.6 Å². The first-order chi connectivity index (χ1) is 16.2. The van der Waals surface area contributed by atoms with Gasteiger partial charge in [-0.1, -0.05) is 42.5 Å². The molecule has 34 heavy (non-hydrogen) atoms. The number of likely N-dealkylation sites (tertiary alicyclic amines) is 1. The first-order valence-corrected chi connectivity index (χ1v) is 12.8. The van der Waals surface area contributed by atoms with Crippen LogP contribution in [-0.2, 0) is 30.8 Å². The van der Waals surface area contributed by atoms with Crippen LogP contribution >= 0.6 is 0 Å². The number of sulfonamides is 1. The summed E-state index contributed by atoms with van der Waals surface area (Å²) in [6.45, 7) is 3.47. The number of nitrogens with one attached hydrogen (secondary N) is 1. The molecule has 0 aliphatic carbocycles. The van der Waals surface area contributed by atoms with Gasteiger partial charge in [-0.2, -0.15) is 4.72 Å². The van der Waals surface area contributed by atoms with Crippen LogP contribution in [-0.4, -0.2) is 56.7 Å². The quantitative estimate of drug-likeness (QED) is 0.431. The summed E-state index contributed by atoms with van der Waals surface area (Å²) in [5, 5.41) is 0. The van der Waals surface area contributed by atoms with Gasteiger partial charge in [0.25, 0.3) is 5.91 Å². The third kappa shape index (κ3) is 6.98. The summed E-state index contributed by atoms with van der Waals surface area (Å²) in [4.78, 5) is 37.8. The number of rotatable bonds is 9. The number of ether oxygens (including phenoxy) is 1. The monoisotopic (exact) mass is 486 g/mol. The lowest BCUT2D eigenvalue weighted by atomic mass is 9.90. The van der Waals surface area contributed by atoms with Crippen LogP contribution in [0.15, 0.2) is 59.5 Å². The number of hydrogen-bond donors (Lipinski definition) is 1. The van der Waals surface area contributed by atoms with Gasteiger partial charge in [0.05, 0.1) is 4.90 Å². The fourth-order valence-electron chi connectivity index (χ4n) is 3.96. The maximum Gasteiger partial charge on any atom is 0.321 e. The van der Waals surface area contributed by atoms with Gasteiger partial charge in [-0.25, -0.2) is 8.42 Å². The summed E-state index contributed by atoms with van der Waals surface area (Å²) in [5.41, 5.74) is 1.67. The van der Waals surface area contributed by atoms with Crippen molar-refractivity contribution in [2.75, 3.05) is 19.6 Å². The van der Waals surface area contributed by atoms with Gasteiger partial charge in [0.1, 0.15) is 6.54 Å². The molecule has 1 N–H and O–H groups in total. The van der Waals surface area contributed by atoms with Crippen LogP contribution in [0.4, 0.5) is 0 Å². The van der Waals surface area contributed by atoms with Crippen molar-refractivity contribution < 1.29 is 27.5 Å². The second kappa shape index (κ2) is 11.4. The van der Waals surface area contributed by atoms with E-state index >= 15 is 0 Å². The van der Waals surface area contributed by atoms with Crippen LogP contribution in [0.25, 0.3) is 0 Å². The molecule has 1 unspecified atom stereocenters. The molecule has 2 aromatic rings. The molecule has 182 valence electrons. The van der Waals surface area contributed by atoms with E-state index in [1.807, 2.05) is 18.2 Å². The molecule has 0 spiro atoms. The van der Waals surface area contributed by atoms with Crippen molar-refractivity contribution in [3.8, 4) is 0 Å². The molecule has 1 aliphatic heterocycles. The third-order valence-corrected chi connectivity index (χ3v) is 7.34. The SMILES string of the molecule is CC(=O)c1ccc(S(=O)(=O)NCC(=O)OC(C)C(=O)N2CCC(Cc3ccccc3)CC2)cc1. The number of carbonyl (C=O) groups is 3. The Morgan fingerprint density at radius 1 is 1.03 bits per heavy atom. The van der Waals surface area contributed by atoms with Crippen LogP contribution in [0.2, 0.25) is 0 Å². The predicted octanol–water partition coefficient (Wildman–Crippen LogP) is 2.58. The van der Waals surface area contributed by atoms with Gasteiger partial charge in [0.15, 0.2) is 11.9 Å². The van der Waals surface area contributed by atoms with Gasteiger partial charge in [-0.3, -0.25) is 14.4 Å². The van der Waals surface area contributed by atoms with Crippen LogP contribution in [0.3, 0.4) is 0 Å². The van der Waals surface area contributed by atoms with E-state index in [1.165, 1.54) is 43.7 Å².